The van der Waals surface area contributed by atoms with E-state index in [9.17, 15) is 14.4 Å². The van der Waals surface area contributed by atoms with Crippen molar-refractivity contribution in [3.63, 3.8) is 0 Å². The minimum absolute atomic E-state index is 0.0595. The Morgan fingerprint density at radius 1 is 0.935 bits per heavy atom. The summed E-state index contributed by atoms with van der Waals surface area (Å²) in [5.74, 6) is 0.273. The van der Waals surface area contributed by atoms with Gasteiger partial charge >= 0.3 is 6.03 Å². The number of carbonyl (C=O) groups excluding carboxylic acids is 3. The van der Waals surface area contributed by atoms with Crippen molar-refractivity contribution in [2.45, 2.75) is 0 Å². The summed E-state index contributed by atoms with van der Waals surface area (Å²) in [5.41, 5.74) is 0.895. The van der Waals surface area contributed by atoms with Crippen LogP contribution in [-0.4, -0.2) is 24.6 Å². The minimum Gasteiger partial charge on any atom is -0.457 e. The lowest BCUT2D eigenvalue weighted by Gasteiger charge is -2.26. The molecule has 31 heavy (non-hydrogen) atoms. The highest BCUT2D eigenvalue weighted by molar-refractivity contribution is 14.1. The number of urea groups is 1. The number of ether oxygens (including phenoxy) is 2. The van der Waals surface area contributed by atoms with Crippen LogP contribution in [0.5, 0.6) is 11.5 Å². The lowest BCUT2D eigenvalue weighted by atomic mass is 10.1. The van der Waals surface area contributed by atoms with E-state index in [1.165, 1.54) is 12.1 Å². The van der Waals surface area contributed by atoms with Crippen molar-refractivity contribution in [3.8, 4) is 22.8 Å². The van der Waals surface area contributed by atoms with Gasteiger partial charge in [0.15, 0.2) is 11.5 Å². The fourth-order valence-corrected chi connectivity index (χ4v) is 3.62. The number of rotatable bonds is 3. The number of imide groups is 2. The number of benzene rings is 2. The van der Waals surface area contributed by atoms with E-state index < -0.39 is 17.8 Å². The molecule has 1 aromatic heterocycles. The molecule has 8 nitrogen and oxygen atoms in total. The topological polar surface area (TPSA) is 98.1 Å². The number of hydrogen-bond acceptors (Lipinski definition) is 6. The van der Waals surface area contributed by atoms with Gasteiger partial charge in [0, 0.05) is 15.2 Å². The van der Waals surface area contributed by atoms with E-state index in [-0.39, 0.29) is 18.1 Å². The molecule has 5 rings (SSSR count). The van der Waals surface area contributed by atoms with Gasteiger partial charge in [0.2, 0.25) is 6.79 Å². The number of amides is 4. The SMILES string of the molecule is O=C1NC(=O)N(c2ccc3c(c2)OCO3)C(=O)/C1=C/c1ccc(-c2ccc(I)cc2)o1. The molecule has 9 heteroatoms. The van der Waals surface area contributed by atoms with E-state index in [0.29, 0.717) is 23.0 Å². The van der Waals surface area contributed by atoms with Gasteiger partial charge in [-0.2, -0.15) is 0 Å². The molecule has 1 N–H and O–H groups in total. The van der Waals surface area contributed by atoms with E-state index >= 15 is 0 Å². The number of nitrogens with zero attached hydrogens (tertiary/aromatic N) is 1. The van der Waals surface area contributed by atoms with Crippen LogP contribution in [0.3, 0.4) is 0 Å². The summed E-state index contributed by atoms with van der Waals surface area (Å²) >= 11 is 2.21. The summed E-state index contributed by atoms with van der Waals surface area (Å²) in [4.78, 5) is 38.6. The molecule has 0 spiro atoms. The largest absolute Gasteiger partial charge is 0.457 e. The number of anilines is 1. The number of barbiturate groups is 1. The Bertz CT molecular complexity index is 1260. The molecular formula is C22H13IN2O6. The Morgan fingerprint density at radius 2 is 1.71 bits per heavy atom. The molecule has 0 aliphatic carbocycles. The first kappa shape index (κ1) is 19.4. The molecule has 2 aliphatic heterocycles. The van der Waals surface area contributed by atoms with Gasteiger partial charge in [0.05, 0.1) is 5.69 Å². The molecule has 2 aromatic carbocycles. The third-order valence-electron chi connectivity index (χ3n) is 4.76. The molecule has 3 aromatic rings. The van der Waals surface area contributed by atoms with Gasteiger partial charge in [-0.05, 0) is 65.1 Å². The first-order valence-corrected chi connectivity index (χ1v) is 10.2. The maximum Gasteiger partial charge on any atom is 0.335 e. The summed E-state index contributed by atoms with van der Waals surface area (Å²) in [6.07, 6.45) is 1.32. The lowest BCUT2D eigenvalue weighted by Crippen LogP contribution is -2.54. The van der Waals surface area contributed by atoms with E-state index in [0.717, 1.165) is 14.0 Å². The van der Waals surface area contributed by atoms with E-state index in [1.54, 1.807) is 24.3 Å². The first-order valence-electron chi connectivity index (χ1n) is 9.16. The number of nitrogens with one attached hydrogen (secondary N) is 1. The van der Waals surface area contributed by atoms with E-state index in [1.807, 2.05) is 24.3 Å². The number of furan rings is 1. The van der Waals surface area contributed by atoms with E-state index in [4.69, 9.17) is 13.9 Å². The molecule has 0 saturated carbocycles. The summed E-state index contributed by atoms with van der Waals surface area (Å²) in [6.45, 7) is 0.0595. The van der Waals surface area contributed by atoms with Gasteiger partial charge in [-0.3, -0.25) is 14.9 Å². The first-order chi connectivity index (χ1) is 15.0. The Morgan fingerprint density at radius 3 is 2.52 bits per heavy atom. The Hall–Kier alpha value is -3.60. The second-order valence-electron chi connectivity index (χ2n) is 6.70. The standard InChI is InChI=1S/C22H13IN2O6/c23-13-3-1-12(2-4-13)17-8-6-15(31-17)10-16-20(26)24-22(28)25(21(16)27)14-5-7-18-19(9-14)30-11-29-18/h1-10H,11H2,(H,24,26,28)/b16-10+. The van der Waals surface area contributed by atoms with Crippen LogP contribution >= 0.6 is 22.6 Å². The highest BCUT2D eigenvalue weighted by atomic mass is 127. The molecule has 1 saturated heterocycles. The summed E-state index contributed by atoms with van der Waals surface area (Å²) < 4.78 is 17.4. The third kappa shape index (κ3) is 3.56. The summed E-state index contributed by atoms with van der Waals surface area (Å²) in [7, 11) is 0. The quantitative estimate of drug-likeness (QED) is 0.314. The monoisotopic (exact) mass is 528 g/mol. The van der Waals surface area contributed by atoms with Crippen molar-refractivity contribution in [3.05, 3.63) is 69.5 Å². The maximum atomic E-state index is 13.0. The fraction of sp³-hybridized carbons (Fsp3) is 0.0455. The van der Waals surface area contributed by atoms with Crippen LogP contribution in [0.1, 0.15) is 5.76 Å². The molecule has 1 fully saturated rings. The van der Waals surface area contributed by atoms with Crippen LogP contribution in [0.25, 0.3) is 17.4 Å². The maximum absolute atomic E-state index is 13.0. The fourth-order valence-electron chi connectivity index (χ4n) is 3.26. The molecule has 154 valence electrons. The van der Waals surface area contributed by atoms with Crippen molar-refractivity contribution >= 4 is 52.2 Å². The Labute approximate surface area is 189 Å². The highest BCUT2D eigenvalue weighted by Gasteiger charge is 2.37. The van der Waals surface area contributed by atoms with Gasteiger partial charge in [-0.25, -0.2) is 9.69 Å². The van der Waals surface area contributed by atoms with Gasteiger partial charge < -0.3 is 13.9 Å². The number of halogens is 1. The molecule has 0 bridgehead atoms. The molecule has 0 unspecified atom stereocenters. The second kappa shape index (κ2) is 7.58. The predicted molar refractivity (Wildman–Crippen MR) is 118 cm³/mol. The van der Waals surface area contributed by atoms with Crippen molar-refractivity contribution in [2.24, 2.45) is 0 Å². The van der Waals surface area contributed by atoms with Crippen LogP contribution in [0.4, 0.5) is 10.5 Å². The summed E-state index contributed by atoms with van der Waals surface area (Å²) in [6, 6.07) is 14.9. The average molecular weight is 528 g/mol. The highest BCUT2D eigenvalue weighted by Crippen LogP contribution is 2.36. The van der Waals surface area contributed by atoms with Crippen LogP contribution in [-0.2, 0) is 9.59 Å². The number of carbonyl (C=O) groups is 3. The van der Waals surface area contributed by atoms with Crippen molar-refractivity contribution in [1.29, 1.82) is 0 Å². The smallest absolute Gasteiger partial charge is 0.335 e. The van der Waals surface area contributed by atoms with Crippen molar-refractivity contribution < 1.29 is 28.3 Å². The van der Waals surface area contributed by atoms with Crippen molar-refractivity contribution in [2.75, 3.05) is 11.7 Å². The molecule has 0 atom stereocenters. The van der Waals surface area contributed by atoms with E-state index in [2.05, 4.69) is 27.9 Å². The number of fused-ring (bicyclic) bond motifs is 1. The molecule has 3 heterocycles. The number of hydrogen-bond donors (Lipinski definition) is 1. The van der Waals surface area contributed by atoms with Crippen LogP contribution in [0.2, 0.25) is 0 Å². The average Bonchev–Trinajstić information content (AvgIpc) is 3.40. The van der Waals surface area contributed by atoms with Crippen LogP contribution in [0.15, 0.2) is 64.6 Å². The third-order valence-corrected chi connectivity index (χ3v) is 5.48. The zero-order valence-corrected chi connectivity index (χ0v) is 17.9. The van der Waals surface area contributed by atoms with Crippen molar-refractivity contribution in [1.82, 2.24) is 5.32 Å². The zero-order chi connectivity index (χ0) is 21.5. The Balaban J connectivity index is 1.47. The molecule has 4 amide bonds. The molecule has 2 aliphatic rings. The van der Waals surface area contributed by atoms with Gasteiger partial charge in [0.1, 0.15) is 17.1 Å². The Kier molecular flexibility index (Phi) is 4.74. The van der Waals surface area contributed by atoms with Gasteiger partial charge in [-0.15, -0.1) is 0 Å². The predicted octanol–water partition coefficient (Wildman–Crippen LogP) is 3.95. The van der Waals surface area contributed by atoms with Crippen LogP contribution in [0, 0.1) is 3.57 Å². The zero-order valence-electron chi connectivity index (χ0n) is 15.8. The summed E-state index contributed by atoms with van der Waals surface area (Å²) in [5, 5.41) is 2.19. The normalized spacial score (nSPS) is 16.7. The minimum atomic E-state index is -0.843. The van der Waals surface area contributed by atoms with Gasteiger partial charge in [-0.1, -0.05) is 12.1 Å². The second-order valence-corrected chi connectivity index (χ2v) is 7.95. The molecule has 0 radical (unpaired) electrons. The van der Waals surface area contributed by atoms with Crippen LogP contribution < -0.4 is 19.7 Å². The molecular weight excluding hydrogens is 515 g/mol. The lowest BCUT2D eigenvalue weighted by molar-refractivity contribution is -0.122. The van der Waals surface area contributed by atoms with Gasteiger partial charge in [0.25, 0.3) is 11.8 Å².